The van der Waals surface area contributed by atoms with E-state index in [1.54, 1.807) is 22.5 Å². The molecule has 1 aromatic rings. The van der Waals surface area contributed by atoms with Crippen LogP contribution in [0.25, 0.3) is 0 Å². The minimum atomic E-state index is -0.527. The molecule has 1 aliphatic heterocycles. The van der Waals surface area contributed by atoms with Gasteiger partial charge in [-0.3, -0.25) is 14.8 Å². The van der Waals surface area contributed by atoms with Crippen molar-refractivity contribution in [2.75, 3.05) is 20.3 Å². The van der Waals surface area contributed by atoms with Gasteiger partial charge in [0.2, 0.25) is 5.91 Å². The zero-order chi connectivity index (χ0) is 13.8. The number of rotatable bonds is 3. The lowest BCUT2D eigenvalue weighted by molar-refractivity contribution is -0.136. The van der Waals surface area contributed by atoms with Gasteiger partial charge in [-0.2, -0.15) is 0 Å². The summed E-state index contributed by atoms with van der Waals surface area (Å²) in [7, 11) is 1.50. The molecule has 0 atom stereocenters. The third-order valence-corrected chi connectivity index (χ3v) is 3.20. The Hall–Kier alpha value is -1.92. The number of benzene rings is 1. The minimum Gasteiger partial charge on any atom is -0.375 e. The molecule has 0 unspecified atom stereocenters. The average Bonchev–Trinajstić information content (AvgIpc) is 2.45. The molecule has 0 fully saturated rings. The Bertz CT molecular complexity index is 501. The first-order valence-corrected chi connectivity index (χ1v) is 5.98. The predicted molar refractivity (Wildman–Crippen MR) is 66.7 cm³/mol. The van der Waals surface area contributed by atoms with Crippen LogP contribution in [0.4, 0.5) is 0 Å². The van der Waals surface area contributed by atoms with Crippen LogP contribution in [0.15, 0.2) is 18.2 Å². The van der Waals surface area contributed by atoms with Crippen LogP contribution in [0.2, 0.25) is 0 Å². The highest BCUT2D eigenvalue weighted by atomic mass is 16.5. The number of hydrogen-bond donors (Lipinski definition) is 2. The number of fused-ring (bicyclic) bond motifs is 1. The first-order valence-electron chi connectivity index (χ1n) is 5.98. The number of carbonyl (C=O) groups is 2. The summed E-state index contributed by atoms with van der Waals surface area (Å²) >= 11 is 0. The predicted octanol–water partition coefficient (Wildman–Crippen LogP) is 0.337. The summed E-state index contributed by atoms with van der Waals surface area (Å²) in [5.74, 6) is -0.564. The molecular weight excluding hydrogens is 248 g/mol. The smallest absolute Gasteiger partial charge is 0.274 e. The molecule has 6 nitrogen and oxygen atoms in total. The highest BCUT2D eigenvalue weighted by Gasteiger charge is 2.21. The molecule has 0 radical (unpaired) electrons. The number of carbonyl (C=O) groups excluding carboxylic acids is 2. The number of hydrogen-bond acceptors (Lipinski definition) is 4. The van der Waals surface area contributed by atoms with Crippen molar-refractivity contribution in [1.82, 2.24) is 10.4 Å². The van der Waals surface area contributed by atoms with Gasteiger partial charge < -0.3 is 9.64 Å². The summed E-state index contributed by atoms with van der Waals surface area (Å²) < 4.78 is 4.84. The third-order valence-electron chi connectivity index (χ3n) is 3.20. The van der Waals surface area contributed by atoms with Gasteiger partial charge in [0.15, 0.2) is 0 Å². The zero-order valence-corrected chi connectivity index (χ0v) is 10.7. The maximum absolute atomic E-state index is 11.7. The van der Waals surface area contributed by atoms with Crippen molar-refractivity contribution >= 4 is 11.8 Å². The molecule has 0 aromatic heterocycles. The van der Waals surface area contributed by atoms with Crippen molar-refractivity contribution in [1.29, 1.82) is 0 Å². The van der Waals surface area contributed by atoms with Gasteiger partial charge in [0, 0.05) is 25.8 Å². The minimum absolute atomic E-state index is 0.0367. The summed E-state index contributed by atoms with van der Waals surface area (Å²) in [6, 6.07) is 5.19. The highest BCUT2D eigenvalue weighted by Crippen LogP contribution is 2.20. The van der Waals surface area contributed by atoms with E-state index in [1.807, 2.05) is 6.07 Å². The van der Waals surface area contributed by atoms with E-state index < -0.39 is 5.91 Å². The Morgan fingerprint density at radius 3 is 2.89 bits per heavy atom. The van der Waals surface area contributed by atoms with E-state index in [-0.39, 0.29) is 12.5 Å². The van der Waals surface area contributed by atoms with Crippen LogP contribution in [0.1, 0.15) is 21.5 Å². The van der Waals surface area contributed by atoms with Gasteiger partial charge >= 0.3 is 0 Å². The second-order valence-corrected chi connectivity index (χ2v) is 4.42. The van der Waals surface area contributed by atoms with E-state index in [0.717, 1.165) is 11.1 Å². The van der Waals surface area contributed by atoms with Gasteiger partial charge in [0.1, 0.15) is 6.61 Å². The fraction of sp³-hybridized carbons (Fsp3) is 0.385. The van der Waals surface area contributed by atoms with Crippen molar-refractivity contribution in [3.05, 3.63) is 34.9 Å². The molecular formula is C13H16N2O4. The Morgan fingerprint density at radius 1 is 1.42 bits per heavy atom. The van der Waals surface area contributed by atoms with E-state index in [1.165, 1.54) is 7.11 Å². The van der Waals surface area contributed by atoms with Crippen LogP contribution in [-0.2, 0) is 22.5 Å². The largest absolute Gasteiger partial charge is 0.375 e. The monoisotopic (exact) mass is 264 g/mol. The van der Waals surface area contributed by atoms with Crippen LogP contribution < -0.4 is 5.48 Å². The standard InChI is InChI=1S/C13H16N2O4/c1-19-8-12(16)15-5-4-9-6-10(13(17)14-18)2-3-11(9)7-15/h2-3,6,18H,4-5,7-8H2,1H3,(H,14,17). The number of ether oxygens (including phenoxy) is 1. The molecule has 0 saturated heterocycles. The van der Waals surface area contributed by atoms with Crippen LogP contribution in [0.3, 0.4) is 0 Å². The van der Waals surface area contributed by atoms with Crippen LogP contribution >= 0.6 is 0 Å². The normalized spacial score (nSPS) is 13.9. The number of amides is 2. The van der Waals surface area contributed by atoms with E-state index in [2.05, 4.69) is 0 Å². The molecule has 2 amide bonds. The molecule has 0 aliphatic carbocycles. The Morgan fingerprint density at radius 2 is 2.21 bits per heavy atom. The molecule has 1 aliphatic rings. The van der Waals surface area contributed by atoms with E-state index in [4.69, 9.17) is 9.94 Å². The summed E-state index contributed by atoms with van der Waals surface area (Å²) in [4.78, 5) is 24.8. The van der Waals surface area contributed by atoms with Crippen molar-refractivity contribution in [2.45, 2.75) is 13.0 Å². The fourth-order valence-electron chi connectivity index (χ4n) is 2.19. The van der Waals surface area contributed by atoms with Crippen molar-refractivity contribution < 1.29 is 19.5 Å². The van der Waals surface area contributed by atoms with E-state index in [0.29, 0.717) is 25.1 Å². The molecule has 0 spiro atoms. The van der Waals surface area contributed by atoms with Gasteiger partial charge in [0.25, 0.3) is 5.91 Å². The number of nitrogens with zero attached hydrogens (tertiary/aromatic N) is 1. The molecule has 6 heteroatoms. The van der Waals surface area contributed by atoms with Gasteiger partial charge in [-0.05, 0) is 29.7 Å². The van der Waals surface area contributed by atoms with Crippen LogP contribution in [0, 0.1) is 0 Å². The average molecular weight is 264 g/mol. The Kier molecular flexibility index (Phi) is 4.13. The van der Waals surface area contributed by atoms with Gasteiger partial charge in [-0.15, -0.1) is 0 Å². The first kappa shape index (κ1) is 13.5. The summed E-state index contributed by atoms with van der Waals surface area (Å²) in [6.45, 7) is 1.22. The molecule has 2 N–H and O–H groups in total. The Labute approximate surface area is 110 Å². The summed E-state index contributed by atoms with van der Waals surface area (Å²) in [5.41, 5.74) is 4.08. The zero-order valence-electron chi connectivity index (χ0n) is 10.7. The number of hydroxylamine groups is 1. The fourth-order valence-corrected chi connectivity index (χ4v) is 2.19. The van der Waals surface area contributed by atoms with E-state index in [9.17, 15) is 9.59 Å². The molecule has 102 valence electrons. The number of nitrogens with one attached hydrogen (secondary N) is 1. The van der Waals surface area contributed by atoms with Crippen LogP contribution in [0.5, 0.6) is 0 Å². The van der Waals surface area contributed by atoms with Gasteiger partial charge in [-0.25, -0.2) is 5.48 Å². The topological polar surface area (TPSA) is 78.9 Å². The summed E-state index contributed by atoms with van der Waals surface area (Å²) in [5, 5.41) is 8.60. The van der Waals surface area contributed by atoms with Crippen molar-refractivity contribution in [3.8, 4) is 0 Å². The molecule has 0 saturated carbocycles. The van der Waals surface area contributed by atoms with E-state index >= 15 is 0 Å². The lowest BCUT2D eigenvalue weighted by atomic mass is 9.97. The number of methoxy groups -OCH3 is 1. The maximum atomic E-state index is 11.7. The lowest BCUT2D eigenvalue weighted by Crippen LogP contribution is -2.38. The second kappa shape index (κ2) is 5.81. The highest BCUT2D eigenvalue weighted by molar-refractivity contribution is 5.93. The quantitative estimate of drug-likeness (QED) is 0.609. The third kappa shape index (κ3) is 2.91. The van der Waals surface area contributed by atoms with Crippen LogP contribution in [-0.4, -0.2) is 42.2 Å². The van der Waals surface area contributed by atoms with Crippen molar-refractivity contribution in [3.63, 3.8) is 0 Å². The molecule has 2 rings (SSSR count). The lowest BCUT2D eigenvalue weighted by Gasteiger charge is -2.29. The molecule has 1 heterocycles. The molecule has 1 aromatic carbocycles. The first-order chi connectivity index (χ1) is 9.15. The SMILES string of the molecule is COCC(=O)N1CCc2cc(C(=O)NO)ccc2C1. The van der Waals surface area contributed by atoms with Crippen molar-refractivity contribution in [2.24, 2.45) is 0 Å². The Balaban J connectivity index is 2.14. The summed E-state index contributed by atoms with van der Waals surface area (Å²) in [6.07, 6.45) is 0.692. The second-order valence-electron chi connectivity index (χ2n) is 4.42. The molecule has 19 heavy (non-hydrogen) atoms. The van der Waals surface area contributed by atoms with Gasteiger partial charge in [0.05, 0.1) is 0 Å². The molecule has 0 bridgehead atoms. The maximum Gasteiger partial charge on any atom is 0.274 e. The van der Waals surface area contributed by atoms with Gasteiger partial charge in [-0.1, -0.05) is 6.07 Å².